The Morgan fingerprint density at radius 3 is 2.61 bits per heavy atom. The van der Waals surface area contributed by atoms with Crippen molar-refractivity contribution >= 4 is 5.52 Å². The molecule has 0 N–H and O–H groups in total. The number of aromatic nitrogens is 1. The minimum Gasteiger partial charge on any atom is -0.323 e. The molecule has 2 heteroatoms. The number of pyridine rings is 1. The third kappa shape index (κ3) is 1.66. The van der Waals surface area contributed by atoms with Crippen LogP contribution in [0.1, 0.15) is 11.1 Å². The van der Waals surface area contributed by atoms with Crippen LogP contribution in [0.3, 0.4) is 0 Å². The number of hydrogen-bond acceptors (Lipinski definition) is 1. The fraction of sp³-hybridized carbons (Fsp3) is 0.0625. The van der Waals surface area contributed by atoms with Crippen molar-refractivity contribution < 1.29 is 0 Å². The summed E-state index contributed by atoms with van der Waals surface area (Å²) in [6.45, 7) is 2.06. The summed E-state index contributed by atoms with van der Waals surface area (Å²) in [5.74, 6) is 0. The summed E-state index contributed by atoms with van der Waals surface area (Å²) >= 11 is 0. The molecule has 0 amide bonds. The van der Waals surface area contributed by atoms with E-state index < -0.39 is 0 Å². The van der Waals surface area contributed by atoms with Gasteiger partial charge in [0.2, 0.25) is 0 Å². The van der Waals surface area contributed by atoms with E-state index in [1.165, 1.54) is 5.56 Å². The van der Waals surface area contributed by atoms with Gasteiger partial charge in [0.25, 0.3) is 0 Å². The number of fused-ring (bicyclic) bond motifs is 1. The normalized spacial score (nSPS) is 10.4. The van der Waals surface area contributed by atoms with E-state index in [-0.39, 0.29) is 0 Å². The molecule has 86 valence electrons. The Hall–Kier alpha value is -2.53. The number of aryl methyl sites for hydroxylation is 1. The molecule has 0 atom stereocenters. The second-order valence-corrected chi connectivity index (χ2v) is 4.42. The molecular formula is C16H12N2. The average Bonchev–Trinajstić information content (AvgIpc) is 2.85. The van der Waals surface area contributed by atoms with Gasteiger partial charge >= 0.3 is 0 Å². The van der Waals surface area contributed by atoms with Gasteiger partial charge in [-0.25, -0.2) is 0 Å². The van der Waals surface area contributed by atoms with Crippen LogP contribution in [-0.4, -0.2) is 4.40 Å². The van der Waals surface area contributed by atoms with E-state index in [0.717, 1.165) is 16.6 Å². The van der Waals surface area contributed by atoms with Crippen molar-refractivity contribution in [3.05, 3.63) is 66.0 Å². The van der Waals surface area contributed by atoms with Crippen LogP contribution in [0.2, 0.25) is 0 Å². The van der Waals surface area contributed by atoms with E-state index in [4.69, 9.17) is 0 Å². The highest BCUT2D eigenvalue weighted by molar-refractivity contribution is 5.75. The molecule has 0 saturated carbocycles. The molecule has 0 aliphatic heterocycles. The van der Waals surface area contributed by atoms with Gasteiger partial charge in [0.15, 0.2) is 0 Å². The topological polar surface area (TPSA) is 28.2 Å². The fourth-order valence-corrected chi connectivity index (χ4v) is 2.14. The van der Waals surface area contributed by atoms with Crippen molar-refractivity contribution in [2.45, 2.75) is 6.92 Å². The van der Waals surface area contributed by atoms with Gasteiger partial charge in [-0.05, 0) is 30.7 Å². The summed E-state index contributed by atoms with van der Waals surface area (Å²) in [7, 11) is 0. The molecule has 0 unspecified atom stereocenters. The standard InChI is InChI=1S/C16H12N2/c1-12-4-6-13(7-5-12)16-9-15-3-2-8-18(15)11-14(16)10-17/h2-9,11H,1H3. The van der Waals surface area contributed by atoms with Crippen LogP contribution in [0, 0.1) is 18.3 Å². The SMILES string of the molecule is Cc1ccc(-c2cc3cccn3cc2C#N)cc1. The van der Waals surface area contributed by atoms with E-state index >= 15 is 0 Å². The maximum atomic E-state index is 9.27. The van der Waals surface area contributed by atoms with Crippen molar-refractivity contribution in [1.29, 1.82) is 5.26 Å². The molecule has 0 aliphatic rings. The van der Waals surface area contributed by atoms with Gasteiger partial charge in [-0.2, -0.15) is 5.26 Å². The van der Waals surface area contributed by atoms with Crippen LogP contribution in [0.25, 0.3) is 16.6 Å². The molecule has 2 heterocycles. The summed E-state index contributed by atoms with van der Waals surface area (Å²) in [6.07, 6.45) is 3.83. The van der Waals surface area contributed by atoms with Crippen LogP contribution >= 0.6 is 0 Å². The van der Waals surface area contributed by atoms with Gasteiger partial charge in [0, 0.05) is 23.5 Å². The molecule has 0 aliphatic carbocycles. The first-order valence-corrected chi connectivity index (χ1v) is 5.86. The van der Waals surface area contributed by atoms with Crippen molar-refractivity contribution in [2.24, 2.45) is 0 Å². The molecule has 2 nitrogen and oxygen atoms in total. The van der Waals surface area contributed by atoms with E-state index in [0.29, 0.717) is 5.56 Å². The predicted octanol–water partition coefficient (Wildman–Crippen LogP) is 3.79. The average molecular weight is 232 g/mol. The lowest BCUT2D eigenvalue weighted by Crippen LogP contribution is -1.90. The Kier molecular flexibility index (Phi) is 2.39. The van der Waals surface area contributed by atoms with Gasteiger partial charge in [0.1, 0.15) is 6.07 Å². The van der Waals surface area contributed by atoms with E-state index in [1.807, 2.05) is 28.9 Å². The first kappa shape index (κ1) is 10.6. The molecule has 1 aromatic carbocycles. The lowest BCUT2D eigenvalue weighted by molar-refractivity contribution is 1.19. The highest BCUT2D eigenvalue weighted by atomic mass is 14.8. The zero-order valence-electron chi connectivity index (χ0n) is 10.1. The maximum Gasteiger partial charge on any atom is 0.101 e. The molecular weight excluding hydrogens is 220 g/mol. The van der Waals surface area contributed by atoms with Crippen LogP contribution in [0.5, 0.6) is 0 Å². The zero-order valence-corrected chi connectivity index (χ0v) is 10.1. The number of benzene rings is 1. The van der Waals surface area contributed by atoms with Crippen LogP contribution in [0.4, 0.5) is 0 Å². The summed E-state index contributed by atoms with van der Waals surface area (Å²) in [6, 6.07) is 16.6. The lowest BCUT2D eigenvalue weighted by atomic mass is 10.0. The Balaban J connectivity index is 2.26. The third-order valence-corrected chi connectivity index (χ3v) is 3.15. The van der Waals surface area contributed by atoms with Crippen LogP contribution in [-0.2, 0) is 0 Å². The van der Waals surface area contributed by atoms with E-state index in [9.17, 15) is 5.26 Å². The lowest BCUT2D eigenvalue weighted by Gasteiger charge is -2.06. The Bertz CT molecular complexity index is 743. The van der Waals surface area contributed by atoms with Crippen molar-refractivity contribution in [3.8, 4) is 17.2 Å². The van der Waals surface area contributed by atoms with Gasteiger partial charge in [-0.15, -0.1) is 0 Å². The quantitative estimate of drug-likeness (QED) is 0.627. The molecule has 3 rings (SSSR count). The molecule has 18 heavy (non-hydrogen) atoms. The van der Waals surface area contributed by atoms with E-state index in [2.05, 4.69) is 43.3 Å². The van der Waals surface area contributed by atoms with Crippen molar-refractivity contribution in [3.63, 3.8) is 0 Å². The number of rotatable bonds is 1. The minimum absolute atomic E-state index is 0.697. The highest BCUT2D eigenvalue weighted by Crippen LogP contribution is 2.25. The van der Waals surface area contributed by atoms with E-state index in [1.54, 1.807) is 0 Å². The minimum atomic E-state index is 0.697. The number of nitrogens with zero attached hydrogens (tertiary/aromatic N) is 2. The number of nitriles is 1. The van der Waals surface area contributed by atoms with Crippen molar-refractivity contribution in [1.82, 2.24) is 4.40 Å². The maximum absolute atomic E-state index is 9.27. The Labute approximate surface area is 106 Å². The van der Waals surface area contributed by atoms with Gasteiger partial charge in [-0.3, -0.25) is 0 Å². The summed E-state index contributed by atoms with van der Waals surface area (Å²) < 4.78 is 1.97. The molecule has 0 spiro atoms. The molecule has 0 saturated heterocycles. The van der Waals surface area contributed by atoms with Crippen LogP contribution < -0.4 is 0 Å². The largest absolute Gasteiger partial charge is 0.323 e. The Morgan fingerprint density at radius 1 is 1.11 bits per heavy atom. The first-order chi connectivity index (χ1) is 8.78. The second-order valence-electron chi connectivity index (χ2n) is 4.42. The molecule has 0 radical (unpaired) electrons. The fourth-order valence-electron chi connectivity index (χ4n) is 2.14. The van der Waals surface area contributed by atoms with Gasteiger partial charge < -0.3 is 4.40 Å². The van der Waals surface area contributed by atoms with Gasteiger partial charge in [0.05, 0.1) is 5.56 Å². The highest BCUT2D eigenvalue weighted by Gasteiger charge is 2.06. The predicted molar refractivity (Wildman–Crippen MR) is 72.3 cm³/mol. The Morgan fingerprint density at radius 2 is 1.89 bits per heavy atom. The first-order valence-electron chi connectivity index (χ1n) is 5.86. The summed E-state index contributed by atoms with van der Waals surface area (Å²) in [5.41, 5.74) is 5.10. The smallest absolute Gasteiger partial charge is 0.101 e. The second kappa shape index (κ2) is 4.05. The summed E-state index contributed by atoms with van der Waals surface area (Å²) in [5, 5.41) is 9.27. The van der Waals surface area contributed by atoms with Gasteiger partial charge in [-0.1, -0.05) is 29.8 Å². The zero-order chi connectivity index (χ0) is 12.5. The van der Waals surface area contributed by atoms with Crippen LogP contribution in [0.15, 0.2) is 54.9 Å². The molecule has 3 aromatic rings. The molecule has 0 fully saturated rings. The monoisotopic (exact) mass is 232 g/mol. The summed E-state index contributed by atoms with van der Waals surface area (Å²) in [4.78, 5) is 0. The number of hydrogen-bond donors (Lipinski definition) is 0. The van der Waals surface area contributed by atoms with Crippen molar-refractivity contribution in [2.75, 3.05) is 0 Å². The molecule has 2 aromatic heterocycles. The third-order valence-electron chi connectivity index (χ3n) is 3.15. The molecule has 0 bridgehead atoms.